The van der Waals surface area contributed by atoms with Crippen molar-refractivity contribution in [2.75, 3.05) is 13.7 Å². The lowest BCUT2D eigenvalue weighted by Gasteiger charge is -2.01. The van der Waals surface area contributed by atoms with Gasteiger partial charge < -0.3 is 10.1 Å². The van der Waals surface area contributed by atoms with Gasteiger partial charge in [0.15, 0.2) is 0 Å². The van der Waals surface area contributed by atoms with E-state index in [2.05, 4.69) is 10.1 Å². The Balaban J connectivity index is 3.21. The predicted molar refractivity (Wildman–Crippen MR) is 44.9 cm³/mol. The van der Waals surface area contributed by atoms with E-state index in [1.807, 2.05) is 6.92 Å². The van der Waals surface area contributed by atoms with E-state index in [-0.39, 0.29) is 5.78 Å². The number of hydrogen-bond donors (Lipinski definition) is 1. The highest BCUT2D eigenvalue weighted by Crippen LogP contribution is 1.92. The molecule has 0 unspecified atom stereocenters. The number of methoxy groups -OCH3 is 1. The van der Waals surface area contributed by atoms with Crippen LogP contribution in [0.4, 0.5) is 4.79 Å². The summed E-state index contributed by atoms with van der Waals surface area (Å²) in [4.78, 5) is 21.3. The monoisotopic (exact) mass is 173 g/mol. The van der Waals surface area contributed by atoms with E-state index in [1.165, 1.54) is 7.11 Å². The molecule has 0 spiro atoms. The molecule has 0 heterocycles. The summed E-state index contributed by atoms with van der Waals surface area (Å²) < 4.78 is 4.35. The van der Waals surface area contributed by atoms with Crippen molar-refractivity contribution in [1.29, 1.82) is 0 Å². The molecule has 0 aromatic rings. The number of amides is 1. The molecule has 0 aliphatic rings. The van der Waals surface area contributed by atoms with Crippen molar-refractivity contribution in [3.8, 4) is 0 Å². The second-order valence-electron chi connectivity index (χ2n) is 2.41. The smallest absolute Gasteiger partial charge is 0.406 e. The summed E-state index contributed by atoms with van der Waals surface area (Å²) in [6, 6.07) is 0. The maximum atomic E-state index is 10.8. The lowest BCUT2D eigenvalue weighted by Crippen LogP contribution is -2.24. The van der Waals surface area contributed by atoms with Crippen LogP contribution >= 0.6 is 0 Å². The standard InChI is InChI=1S/C8H15NO3/c1-3-7(10)5-4-6-9-8(11)12-2/h3-6H2,1-2H3,(H,9,11). The van der Waals surface area contributed by atoms with Crippen LogP contribution in [0.15, 0.2) is 0 Å². The van der Waals surface area contributed by atoms with Gasteiger partial charge in [0.05, 0.1) is 7.11 Å². The third-order valence-electron chi connectivity index (χ3n) is 1.48. The Hall–Kier alpha value is -1.06. The third-order valence-corrected chi connectivity index (χ3v) is 1.48. The topological polar surface area (TPSA) is 55.4 Å². The number of carbonyl (C=O) groups excluding carboxylic acids is 2. The maximum absolute atomic E-state index is 10.8. The van der Waals surface area contributed by atoms with Crippen LogP contribution in [-0.4, -0.2) is 25.5 Å². The molecule has 1 N–H and O–H groups in total. The first kappa shape index (κ1) is 10.9. The highest BCUT2D eigenvalue weighted by Gasteiger charge is 1.99. The molecule has 0 rings (SSSR count). The fraction of sp³-hybridized carbons (Fsp3) is 0.750. The van der Waals surface area contributed by atoms with Crippen LogP contribution in [0.1, 0.15) is 26.2 Å². The maximum Gasteiger partial charge on any atom is 0.406 e. The summed E-state index contributed by atoms with van der Waals surface area (Å²) in [5.74, 6) is 0.224. The Kier molecular flexibility index (Phi) is 6.05. The number of alkyl carbamates (subject to hydrolysis) is 1. The van der Waals surface area contributed by atoms with E-state index in [4.69, 9.17) is 0 Å². The summed E-state index contributed by atoms with van der Waals surface area (Å²) in [6.45, 7) is 2.33. The minimum atomic E-state index is -0.445. The summed E-state index contributed by atoms with van der Waals surface area (Å²) in [5, 5.41) is 2.50. The highest BCUT2D eigenvalue weighted by molar-refractivity contribution is 5.78. The van der Waals surface area contributed by atoms with Crippen LogP contribution in [-0.2, 0) is 9.53 Å². The molecule has 0 fully saturated rings. The molecular formula is C8H15NO3. The summed E-state index contributed by atoms with van der Waals surface area (Å²) >= 11 is 0. The molecular weight excluding hydrogens is 158 g/mol. The minimum Gasteiger partial charge on any atom is -0.453 e. The number of ether oxygens (including phenoxy) is 1. The number of carbonyl (C=O) groups is 2. The fourth-order valence-corrected chi connectivity index (χ4v) is 0.725. The van der Waals surface area contributed by atoms with Crippen molar-refractivity contribution < 1.29 is 14.3 Å². The van der Waals surface area contributed by atoms with Crippen molar-refractivity contribution in [2.24, 2.45) is 0 Å². The molecule has 70 valence electrons. The average Bonchev–Trinajstić information content (AvgIpc) is 2.11. The van der Waals surface area contributed by atoms with Gasteiger partial charge in [0, 0.05) is 19.4 Å². The Morgan fingerprint density at radius 2 is 2.08 bits per heavy atom. The Bertz CT molecular complexity index is 138. The predicted octanol–water partition coefficient (Wildman–Crippen LogP) is 1.10. The van der Waals surface area contributed by atoms with Gasteiger partial charge in [-0.05, 0) is 6.42 Å². The zero-order valence-corrected chi connectivity index (χ0v) is 7.55. The van der Waals surface area contributed by atoms with Gasteiger partial charge in [0.2, 0.25) is 0 Å². The van der Waals surface area contributed by atoms with Crippen LogP contribution < -0.4 is 5.32 Å². The normalized spacial score (nSPS) is 9.17. The molecule has 0 aliphatic heterocycles. The SMILES string of the molecule is CCC(=O)CCCNC(=O)OC. The van der Waals surface area contributed by atoms with Crippen molar-refractivity contribution in [3.63, 3.8) is 0 Å². The molecule has 0 aromatic carbocycles. The Labute approximate surface area is 72.3 Å². The zero-order chi connectivity index (χ0) is 9.40. The molecule has 0 bridgehead atoms. The lowest BCUT2D eigenvalue weighted by atomic mass is 10.2. The molecule has 0 saturated carbocycles. The number of hydrogen-bond acceptors (Lipinski definition) is 3. The number of ketones is 1. The molecule has 4 heteroatoms. The molecule has 0 saturated heterocycles. The van der Waals surface area contributed by atoms with E-state index in [0.717, 1.165) is 0 Å². The Morgan fingerprint density at radius 3 is 2.58 bits per heavy atom. The van der Waals surface area contributed by atoms with Crippen LogP contribution in [0.25, 0.3) is 0 Å². The second kappa shape index (κ2) is 6.64. The quantitative estimate of drug-likeness (QED) is 0.633. The first-order valence-corrected chi connectivity index (χ1v) is 4.04. The van der Waals surface area contributed by atoms with E-state index in [9.17, 15) is 9.59 Å². The van der Waals surface area contributed by atoms with E-state index >= 15 is 0 Å². The van der Waals surface area contributed by atoms with Gasteiger partial charge in [0.25, 0.3) is 0 Å². The van der Waals surface area contributed by atoms with Crippen molar-refractivity contribution in [2.45, 2.75) is 26.2 Å². The molecule has 12 heavy (non-hydrogen) atoms. The van der Waals surface area contributed by atoms with E-state index in [0.29, 0.717) is 25.8 Å². The van der Waals surface area contributed by atoms with Gasteiger partial charge >= 0.3 is 6.09 Å². The first-order chi connectivity index (χ1) is 5.70. The van der Waals surface area contributed by atoms with Crippen LogP contribution in [0.5, 0.6) is 0 Å². The summed E-state index contributed by atoms with van der Waals surface area (Å²) in [5.41, 5.74) is 0. The van der Waals surface area contributed by atoms with E-state index in [1.54, 1.807) is 0 Å². The van der Waals surface area contributed by atoms with Crippen molar-refractivity contribution in [3.05, 3.63) is 0 Å². The van der Waals surface area contributed by atoms with Gasteiger partial charge in [-0.25, -0.2) is 4.79 Å². The van der Waals surface area contributed by atoms with Gasteiger partial charge in [-0.15, -0.1) is 0 Å². The minimum absolute atomic E-state index is 0.224. The second-order valence-corrected chi connectivity index (χ2v) is 2.41. The van der Waals surface area contributed by atoms with Gasteiger partial charge in [-0.1, -0.05) is 6.92 Å². The van der Waals surface area contributed by atoms with Gasteiger partial charge in [-0.3, -0.25) is 4.79 Å². The van der Waals surface area contributed by atoms with Crippen molar-refractivity contribution >= 4 is 11.9 Å². The first-order valence-electron chi connectivity index (χ1n) is 4.04. The third kappa shape index (κ3) is 5.70. The summed E-state index contributed by atoms with van der Waals surface area (Å²) in [7, 11) is 1.31. The molecule has 4 nitrogen and oxygen atoms in total. The Morgan fingerprint density at radius 1 is 1.42 bits per heavy atom. The fourth-order valence-electron chi connectivity index (χ4n) is 0.725. The molecule has 1 amide bonds. The molecule has 0 aliphatic carbocycles. The molecule has 0 aromatic heterocycles. The molecule has 0 radical (unpaired) electrons. The highest BCUT2D eigenvalue weighted by atomic mass is 16.5. The zero-order valence-electron chi connectivity index (χ0n) is 7.55. The van der Waals surface area contributed by atoms with Gasteiger partial charge in [-0.2, -0.15) is 0 Å². The number of nitrogens with one attached hydrogen (secondary N) is 1. The largest absolute Gasteiger partial charge is 0.453 e. The lowest BCUT2D eigenvalue weighted by molar-refractivity contribution is -0.118. The van der Waals surface area contributed by atoms with Crippen LogP contribution in [0, 0.1) is 0 Å². The number of rotatable bonds is 5. The van der Waals surface area contributed by atoms with Crippen molar-refractivity contribution in [1.82, 2.24) is 5.32 Å². The number of Topliss-reactive ketones (excluding diaryl/α,β-unsaturated/α-hetero) is 1. The van der Waals surface area contributed by atoms with Gasteiger partial charge in [0.1, 0.15) is 5.78 Å². The van der Waals surface area contributed by atoms with Crippen LogP contribution in [0.2, 0.25) is 0 Å². The van der Waals surface area contributed by atoms with E-state index < -0.39 is 6.09 Å². The van der Waals surface area contributed by atoms with Crippen LogP contribution in [0.3, 0.4) is 0 Å². The average molecular weight is 173 g/mol. The summed E-state index contributed by atoms with van der Waals surface area (Å²) in [6.07, 6.45) is 1.33. The molecule has 0 atom stereocenters.